The van der Waals surface area contributed by atoms with Crippen LogP contribution in [0.3, 0.4) is 0 Å². The van der Waals surface area contributed by atoms with E-state index in [0.29, 0.717) is 24.3 Å². The molecule has 2 saturated heterocycles. The molecular formula is C27H38N5O6P. The van der Waals surface area contributed by atoms with Gasteiger partial charge in [0, 0.05) is 36.0 Å². The molecular weight excluding hydrogens is 521 g/mol. The Bertz CT molecular complexity index is 1230. The number of nitrogens with one attached hydrogen (secondary N) is 1. The molecule has 2 bridgehead atoms. The normalized spacial score (nSPS) is 25.2. The fourth-order valence-corrected chi connectivity index (χ4v) is 6.54. The highest BCUT2D eigenvalue weighted by molar-refractivity contribution is 7.45. The zero-order valence-corrected chi connectivity index (χ0v) is 24.4. The van der Waals surface area contributed by atoms with Gasteiger partial charge < -0.3 is 23.8 Å². The summed E-state index contributed by atoms with van der Waals surface area (Å²) in [7, 11) is -1.54. The van der Waals surface area contributed by atoms with Gasteiger partial charge in [0.05, 0.1) is 6.61 Å². The van der Waals surface area contributed by atoms with E-state index in [4.69, 9.17) is 18.5 Å². The summed E-state index contributed by atoms with van der Waals surface area (Å²) in [4.78, 5) is 34.1. The summed E-state index contributed by atoms with van der Waals surface area (Å²) in [5.41, 5.74) is -0.277. The number of rotatable bonds is 11. The molecule has 0 saturated carbocycles. The average molecular weight is 560 g/mol. The number of hydrogen-bond acceptors (Lipinski definition) is 9. The van der Waals surface area contributed by atoms with Crippen LogP contribution < -0.4 is 11.0 Å². The first-order valence-corrected chi connectivity index (χ1v) is 14.3. The Morgan fingerprint density at radius 1 is 1.31 bits per heavy atom. The number of fused-ring (bicyclic) bond motifs is 2. The van der Waals surface area contributed by atoms with E-state index in [-0.39, 0.29) is 23.8 Å². The van der Waals surface area contributed by atoms with Crippen LogP contribution in [-0.4, -0.2) is 69.6 Å². The summed E-state index contributed by atoms with van der Waals surface area (Å²) in [6, 6.07) is 9.07. The van der Waals surface area contributed by atoms with Crippen LogP contribution in [-0.2, 0) is 18.5 Å². The molecule has 2 fully saturated rings. The molecule has 2 aliphatic rings. The summed E-state index contributed by atoms with van der Waals surface area (Å²) in [5, 5.41) is 2.73. The molecule has 5 atom stereocenters. The van der Waals surface area contributed by atoms with Crippen molar-refractivity contribution < 1.29 is 23.3 Å². The highest BCUT2D eigenvalue weighted by atomic mass is 31.2. The topological polar surface area (TPSA) is 117 Å². The maximum Gasteiger partial charge on any atom is 0.351 e. The number of amides is 1. The van der Waals surface area contributed by atoms with E-state index >= 15 is 0 Å². The van der Waals surface area contributed by atoms with Crippen LogP contribution in [0, 0.1) is 6.92 Å². The third-order valence-corrected chi connectivity index (χ3v) is 8.64. The molecule has 39 heavy (non-hydrogen) atoms. The van der Waals surface area contributed by atoms with Gasteiger partial charge in [0.25, 0.3) is 5.91 Å². The first-order valence-electron chi connectivity index (χ1n) is 13.2. The van der Waals surface area contributed by atoms with Crippen molar-refractivity contribution in [2.45, 2.75) is 84.6 Å². The van der Waals surface area contributed by atoms with E-state index < -0.39 is 38.3 Å². The molecule has 0 radical (unpaired) electrons. The fourth-order valence-electron chi connectivity index (χ4n) is 4.84. The Kier molecular flexibility index (Phi) is 9.18. The van der Waals surface area contributed by atoms with E-state index in [2.05, 4.69) is 47.7 Å². The number of aryl methyl sites for hydroxylation is 1. The monoisotopic (exact) mass is 559 g/mol. The quantitative estimate of drug-likeness (QED) is 0.246. The lowest BCUT2D eigenvalue weighted by Gasteiger charge is -2.36. The van der Waals surface area contributed by atoms with Crippen molar-refractivity contribution in [3.8, 4) is 0 Å². The number of hydrogen-bond donors (Lipinski definition) is 1. The van der Waals surface area contributed by atoms with E-state index in [0.717, 1.165) is 0 Å². The zero-order valence-electron chi connectivity index (χ0n) is 23.5. The molecule has 2 aliphatic heterocycles. The molecule has 0 spiro atoms. The van der Waals surface area contributed by atoms with Gasteiger partial charge in [0.15, 0.2) is 12.6 Å². The highest BCUT2D eigenvalue weighted by Crippen LogP contribution is 2.54. The predicted molar refractivity (Wildman–Crippen MR) is 150 cm³/mol. The Morgan fingerprint density at radius 3 is 2.64 bits per heavy atom. The molecule has 212 valence electrons. The maximum atomic E-state index is 13.1. The number of ether oxygens (including phenoxy) is 2. The van der Waals surface area contributed by atoms with Crippen molar-refractivity contribution in [1.82, 2.24) is 14.2 Å². The van der Waals surface area contributed by atoms with Crippen LogP contribution in [0.15, 0.2) is 46.3 Å². The summed E-state index contributed by atoms with van der Waals surface area (Å²) in [6.07, 6.45) is 1.28. The van der Waals surface area contributed by atoms with Crippen molar-refractivity contribution >= 4 is 26.7 Å². The van der Waals surface area contributed by atoms with Crippen molar-refractivity contribution in [3.05, 3.63) is 58.1 Å². The smallest absolute Gasteiger partial charge is 0.351 e. The standard InChI is InChI=1S/C27H38N5O6P/c1-8-28-16-36-39(32(17(2)3)18(4)5)38-22-21-25(37-27(22,7)15-35-21)31-14-19(6)23(30-26(31)34)29-24(33)20-12-10-9-11-13-20/h9-14,16-18,21-22,25H,8,15H2,1-7H3,(H,29,30,33,34)/b28-16+. The number of aliphatic imine (C=N–C) groups is 1. The van der Waals surface area contributed by atoms with Crippen molar-refractivity contribution in [2.75, 3.05) is 18.5 Å². The molecule has 5 unspecified atom stereocenters. The summed E-state index contributed by atoms with van der Waals surface area (Å²) >= 11 is 0. The number of nitrogens with zero attached hydrogens (tertiary/aromatic N) is 4. The Labute approximate surface area is 230 Å². The fraction of sp³-hybridized carbons (Fsp3) is 0.556. The molecule has 0 aliphatic carbocycles. The average Bonchev–Trinajstić information content (AvgIpc) is 3.34. The molecule has 1 amide bonds. The maximum absolute atomic E-state index is 13.1. The molecule has 1 aromatic heterocycles. The number of aromatic nitrogens is 2. The zero-order chi connectivity index (χ0) is 28.3. The van der Waals surface area contributed by atoms with E-state index in [1.165, 1.54) is 11.0 Å². The lowest BCUT2D eigenvalue weighted by atomic mass is 10.0. The lowest BCUT2D eigenvalue weighted by molar-refractivity contribution is -0.167. The SMILES string of the molecule is CC/N=C/OP(OC1C2OCC1(C)OC2n1cc(C)c(NC(=O)c2ccccc2)nc1=O)N(C(C)C)C(C)C. The van der Waals surface area contributed by atoms with Gasteiger partial charge in [-0.2, -0.15) is 4.98 Å². The van der Waals surface area contributed by atoms with Crippen molar-refractivity contribution in [1.29, 1.82) is 0 Å². The van der Waals surface area contributed by atoms with Crippen LogP contribution in [0.4, 0.5) is 5.82 Å². The number of carbonyl (C=O) groups excluding carboxylic acids is 1. The molecule has 11 nitrogen and oxygen atoms in total. The first kappa shape index (κ1) is 29.3. The highest BCUT2D eigenvalue weighted by Gasteiger charge is 2.62. The van der Waals surface area contributed by atoms with Crippen LogP contribution >= 0.6 is 8.53 Å². The van der Waals surface area contributed by atoms with Gasteiger partial charge in [0.2, 0.25) is 0 Å². The second-order valence-corrected chi connectivity index (χ2v) is 11.8. The van der Waals surface area contributed by atoms with Gasteiger partial charge >= 0.3 is 14.2 Å². The van der Waals surface area contributed by atoms with Gasteiger partial charge in [-0.3, -0.25) is 14.4 Å². The van der Waals surface area contributed by atoms with Crippen LogP contribution in [0.5, 0.6) is 0 Å². The van der Waals surface area contributed by atoms with Crippen molar-refractivity contribution in [3.63, 3.8) is 0 Å². The number of carbonyl (C=O) groups is 1. The molecule has 1 N–H and O–H groups in total. The van der Waals surface area contributed by atoms with Crippen molar-refractivity contribution in [2.24, 2.45) is 4.99 Å². The summed E-state index contributed by atoms with van der Waals surface area (Å²) in [6.45, 7) is 14.9. The molecule has 1 aromatic carbocycles. The Hall–Kier alpha value is -2.69. The van der Waals surface area contributed by atoms with Gasteiger partial charge in [-0.25, -0.2) is 9.46 Å². The van der Waals surface area contributed by atoms with Crippen LogP contribution in [0.25, 0.3) is 0 Å². The minimum absolute atomic E-state index is 0.156. The van der Waals surface area contributed by atoms with Crippen LogP contribution in [0.1, 0.15) is 63.7 Å². The number of benzene rings is 1. The minimum Gasteiger partial charge on any atom is -0.425 e. The second-order valence-electron chi connectivity index (χ2n) is 10.4. The Morgan fingerprint density at radius 2 is 2.00 bits per heavy atom. The van der Waals surface area contributed by atoms with Gasteiger partial charge in [-0.1, -0.05) is 18.2 Å². The molecule has 3 heterocycles. The summed E-state index contributed by atoms with van der Waals surface area (Å²) < 4.78 is 28.7. The van der Waals surface area contributed by atoms with Gasteiger partial charge in [-0.05, 0) is 60.6 Å². The number of anilines is 1. The lowest BCUT2D eigenvalue weighted by Crippen LogP contribution is -2.40. The third-order valence-electron chi connectivity index (χ3n) is 6.66. The summed E-state index contributed by atoms with van der Waals surface area (Å²) in [5.74, 6) is -0.145. The van der Waals surface area contributed by atoms with E-state index in [9.17, 15) is 9.59 Å². The van der Waals surface area contributed by atoms with Gasteiger partial charge in [0.1, 0.15) is 23.6 Å². The third kappa shape index (κ3) is 6.23. The first-order chi connectivity index (χ1) is 18.6. The van der Waals surface area contributed by atoms with E-state index in [1.807, 2.05) is 19.9 Å². The molecule has 12 heteroatoms. The minimum atomic E-state index is -1.54. The second kappa shape index (κ2) is 12.2. The molecule has 2 aromatic rings. The Balaban J connectivity index is 1.57. The predicted octanol–water partition coefficient (Wildman–Crippen LogP) is 4.29. The van der Waals surface area contributed by atoms with Crippen LogP contribution in [0.2, 0.25) is 0 Å². The van der Waals surface area contributed by atoms with E-state index in [1.54, 1.807) is 37.4 Å². The largest absolute Gasteiger partial charge is 0.425 e. The molecule has 4 rings (SSSR count). The van der Waals surface area contributed by atoms with Gasteiger partial charge in [-0.15, -0.1) is 0 Å².